The summed E-state index contributed by atoms with van der Waals surface area (Å²) in [5.74, 6) is -3.77. The quantitative estimate of drug-likeness (QED) is 0.369. The van der Waals surface area contributed by atoms with Crippen LogP contribution >= 0.6 is 0 Å². The molecule has 5 amide bonds. The number of amides is 5. The van der Waals surface area contributed by atoms with E-state index >= 15 is 0 Å². The van der Waals surface area contributed by atoms with Crippen molar-refractivity contribution >= 4 is 35.5 Å². The van der Waals surface area contributed by atoms with E-state index in [0.29, 0.717) is 26.3 Å². The van der Waals surface area contributed by atoms with Gasteiger partial charge in [0.25, 0.3) is 17.7 Å². The first kappa shape index (κ1) is 27.4. The summed E-state index contributed by atoms with van der Waals surface area (Å²) in [7, 11) is 0. The van der Waals surface area contributed by atoms with E-state index in [2.05, 4.69) is 5.32 Å². The maximum atomic E-state index is 13.1. The summed E-state index contributed by atoms with van der Waals surface area (Å²) in [6.07, 6.45) is -0.124. The molecular weight excluding hydrogens is 496 g/mol. The number of likely N-dealkylation sites (tertiary alicyclic amines) is 1. The van der Waals surface area contributed by atoms with E-state index in [0.717, 1.165) is 9.80 Å². The van der Waals surface area contributed by atoms with E-state index in [1.807, 2.05) is 18.7 Å². The fourth-order valence-electron chi connectivity index (χ4n) is 5.04. The molecule has 1 aromatic carbocycles. The summed E-state index contributed by atoms with van der Waals surface area (Å²) in [4.78, 5) is 80.5. The van der Waals surface area contributed by atoms with Crippen LogP contribution in [0.1, 0.15) is 54.3 Å². The van der Waals surface area contributed by atoms with Crippen LogP contribution in [0.25, 0.3) is 0 Å². The monoisotopic (exact) mass is 528 g/mol. The standard InChI is InChI=1S/C26H32N4O8/c1-15(2)21(28-10-12-37-13-11-28)22(32)27-16(3)26(36)38-14-29-20(31)9-8-19(25(29)35)30-23(33)17-6-4-5-7-18(17)24(30)34/h4-7,15-16,19,21H,8-14H2,1-3H3,(H,27,32)/t16-,19-,21?/m0/s1. The lowest BCUT2D eigenvalue weighted by atomic mass is 10.0. The van der Waals surface area contributed by atoms with Crippen molar-refractivity contribution in [3.05, 3.63) is 35.4 Å². The van der Waals surface area contributed by atoms with Crippen molar-refractivity contribution in [3.63, 3.8) is 0 Å². The maximum absolute atomic E-state index is 13.1. The number of morpholine rings is 1. The number of carbonyl (C=O) groups excluding carboxylic acids is 6. The molecule has 0 spiro atoms. The van der Waals surface area contributed by atoms with Crippen LogP contribution in [0.4, 0.5) is 0 Å². The molecule has 0 radical (unpaired) electrons. The number of rotatable bonds is 8. The highest BCUT2D eigenvalue weighted by Crippen LogP contribution is 2.29. The van der Waals surface area contributed by atoms with Crippen molar-refractivity contribution in [1.82, 2.24) is 20.0 Å². The fourth-order valence-corrected chi connectivity index (χ4v) is 5.04. The van der Waals surface area contributed by atoms with Crippen molar-refractivity contribution in [2.75, 3.05) is 33.0 Å². The maximum Gasteiger partial charge on any atom is 0.330 e. The van der Waals surface area contributed by atoms with E-state index in [9.17, 15) is 28.8 Å². The van der Waals surface area contributed by atoms with Crippen molar-refractivity contribution in [1.29, 1.82) is 0 Å². The average Bonchev–Trinajstić information content (AvgIpc) is 3.14. The summed E-state index contributed by atoms with van der Waals surface area (Å²) in [6.45, 7) is 6.85. The molecule has 1 N–H and O–H groups in total. The molecule has 4 rings (SSSR count). The Morgan fingerprint density at radius 2 is 1.63 bits per heavy atom. The first-order valence-corrected chi connectivity index (χ1v) is 12.7. The zero-order valence-electron chi connectivity index (χ0n) is 21.7. The topological polar surface area (TPSA) is 143 Å². The number of hydrogen-bond donors (Lipinski definition) is 1. The van der Waals surface area contributed by atoms with Crippen LogP contribution in [0, 0.1) is 5.92 Å². The third-order valence-electron chi connectivity index (χ3n) is 7.01. The lowest BCUT2D eigenvalue weighted by Gasteiger charge is -2.36. The van der Waals surface area contributed by atoms with E-state index in [4.69, 9.17) is 9.47 Å². The van der Waals surface area contributed by atoms with Gasteiger partial charge in [-0.1, -0.05) is 26.0 Å². The normalized spacial score (nSPS) is 21.9. The molecular formula is C26H32N4O8. The van der Waals surface area contributed by atoms with E-state index in [-0.39, 0.29) is 35.8 Å². The Kier molecular flexibility index (Phi) is 8.22. The van der Waals surface area contributed by atoms with Crippen LogP contribution in [0.3, 0.4) is 0 Å². The van der Waals surface area contributed by atoms with Gasteiger partial charge in [-0.25, -0.2) is 9.69 Å². The number of carbonyl (C=O) groups is 6. The molecule has 3 aliphatic rings. The highest BCUT2D eigenvalue weighted by molar-refractivity contribution is 6.23. The summed E-state index contributed by atoms with van der Waals surface area (Å²) < 4.78 is 10.6. The Balaban J connectivity index is 1.36. The second-order valence-electron chi connectivity index (χ2n) is 9.90. The van der Waals surface area contributed by atoms with Gasteiger partial charge in [-0.2, -0.15) is 0 Å². The molecule has 1 aromatic rings. The first-order valence-electron chi connectivity index (χ1n) is 12.7. The highest BCUT2D eigenvalue weighted by atomic mass is 16.5. The number of benzene rings is 1. The van der Waals surface area contributed by atoms with Gasteiger partial charge in [0.05, 0.1) is 30.4 Å². The highest BCUT2D eigenvalue weighted by Gasteiger charge is 2.47. The Morgan fingerprint density at radius 1 is 1.03 bits per heavy atom. The SMILES string of the molecule is CC(C)C(C(=O)N[C@@H](C)C(=O)OCN1C(=O)CC[C@H](N2C(=O)c3ccccc3C2=O)C1=O)N1CCOCC1. The van der Waals surface area contributed by atoms with Gasteiger partial charge >= 0.3 is 5.97 Å². The Labute approximate surface area is 220 Å². The third-order valence-corrected chi connectivity index (χ3v) is 7.01. The molecule has 1 unspecified atom stereocenters. The van der Waals surface area contributed by atoms with Crippen LogP contribution in [-0.4, -0.2) is 101 Å². The molecule has 2 fully saturated rings. The van der Waals surface area contributed by atoms with Crippen LogP contribution in [0.15, 0.2) is 24.3 Å². The van der Waals surface area contributed by atoms with Crippen molar-refractivity contribution in [2.24, 2.45) is 5.92 Å². The van der Waals surface area contributed by atoms with Crippen LogP contribution in [0.2, 0.25) is 0 Å². The number of esters is 1. The number of ether oxygens (including phenoxy) is 2. The number of nitrogens with zero attached hydrogens (tertiary/aromatic N) is 3. The van der Waals surface area contributed by atoms with E-state index in [1.165, 1.54) is 19.1 Å². The average molecular weight is 529 g/mol. The molecule has 38 heavy (non-hydrogen) atoms. The lowest BCUT2D eigenvalue weighted by molar-refractivity contribution is -0.165. The molecule has 3 atom stereocenters. The predicted octanol–water partition coefficient (Wildman–Crippen LogP) is 0.162. The molecule has 12 heteroatoms. The Bertz CT molecular complexity index is 1110. The van der Waals surface area contributed by atoms with Gasteiger partial charge < -0.3 is 14.8 Å². The smallest absolute Gasteiger partial charge is 0.330 e. The summed E-state index contributed by atoms with van der Waals surface area (Å²) in [5, 5.41) is 2.66. The van der Waals surface area contributed by atoms with Gasteiger partial charge in [-0.05, 0) is 31.4 Å². The second-order valence-corrected chi connectivity index (χ2v) is 9.90. The molecule has 0 saturated carbocycles. The van der Waals surface area contributed by atoms with Crippen LogP contribution < -0.4 is 5.32 Å². The Morgan fingerprint density at radius 3 is 2.21 bits per heavy atom. The van der Waals surface area contributed by atoms with Crippen LogP contribution in [-0.2, 0) is 28.7 Å². The number of piperidine rings is 1. The van der Waals surface area contributed by atoms with E-state index in [1.54, 1.807) is 12.1 Å². The molecule has 12 nitrogen and oxygen atoms in total. The minimum absolute atomic E-state index is 0.0148. The molecule has 3 heterocycles. The Hall–Kier alpha value is -3.64. The second kappa shape index (κ2) is 11.4. The largest absolute Gasteiger partial charge is 0.442 e. The molecule has 3 aliphatic heterocycles. The summed E-state index contributed by atoms with van der Waals surface area (Å²) >= 11 is 0. The number of hydrogen-bond acceptors (Lipinski definition) is 9. The number of nitrogens with one attached hydrogen (secondary N) is 1. The van der Waals surface area contributed by atoms with Crippen molar-refractivity contribution < 1.29 is 38.2 Å². The van der Waals surface area contributed by atoms with Crippen LogP contribution in [0.5, 0.6) is 0 Å². The van der Waals surface area contributed by atoms with Gasteiger partial charge in [-0.15, -0.1) is 0 Å². The zero-order chi connectivity index (χ0) is 27.6. The van der Waals surface area contributed by atoms with Gasteiger partial charge in [0, 0.05) is 19.5 Å². The van der Waals surface area contributed by atoms with Gasteiger partial charge in [0.15, 0.2) is 6.73 Å². The first-order chi connectivity index (χ1) is 18.1. The summed E-state index contributed by atoms with van der Waals surface area (Å²) in [5.41, 5.74) is 0.392. The van der Waals surface area contributed by atoms with Gasteiger partial charge in [-0.3, -0.25) is 33.8 Å². The minimum atomic E-state index is -1.18. The lowest BCUT2D eigenvalue weighted by Crippen LogP contribution is -2.57. The summed E-state index contributed by atoms with van der Waals surface area (Å²) in [6, 6.07) is 3.58. The van der Waals surface area contributed by atoms with Crippen molar-refractivity contribution in [3.8, 4) is 0 Å². The van der Waals surface area contributed by atoms with Gasteiger partial charge in [0.1, 0.15) is 12.1 Å². The minimum Gasteiger partial charge on any atom is -0.442 e. The molecule has 2 saturated heterocycles. The number of imide groups is 2. The van der Waals surface area contributed by atoms with Crippen molar-refractivity contribution in [2.45, 2.75) is 51.7 Å². The molecule has 204 valence electrons. The van der Waals surface area contributed by atoms with Gasteiger partial charge in [0.2, 0.25) is 11.8 Å². The molecule has 0 aromatic heterocycles. The fraction of sp³-hybridized carbons (Fsp3) is 0.538. The molecule has 0 bridgehead atoms. The zero-order valence-corrected chi connectivity index (χ0v) is 21.7. The number of fused-ring (bicyclic) bond motifs is 1. The predicted molar refractivity (Wildman–Crippen MR) is 131 cm³/mol. The third kappa shape index (κ3) is 5.32. The van der Waals surface area contributed by atoms with E-state index < -0.39 is 54.5 Å². The molecule has 0 aliphatic carbocycles.